The van der Waals surface area contributed by atoms with Crippen LogP contribution in [0.25, 0.3) is 5.69 Å². The fourth-order valence-electron chi connectivity index (χ4n) is 3.21. The van der Waals surface area contributed by atoms with E-state index in [1.165, 1.54) is 46.6 Å². The topological polar surface area (TPSA) is 63.9 Å². The summed E-state index contributed by atoms with van der Waals surface area (Å²) >= 11 is 2.81. The van der Waals surface area contributed by atoms with Gasteiger partial charge in [-0.2, -0.15) is 0 Å². The number of thioether (sulfide) groups is 1. The predicted molar refractivity (Wildman–Crippen MR) is 122 cm³/mol. The van der Waals surface area contributed by atoms with Crippen LogP contribution in [0.15, 0.2) is 59.3 Å². The highest BCUT2D eigenvalue weighted by atomic mass is 32.2. The Balaban J connectivity index is 1.54. The van der Waals surface area contributed by atoms with Gasteiger partial charge in [-0.15, -0.1) is 21.5 Å². The second-order valence-electron chi connectivity index (χ2n) is 6.99. The number of halogens is 1. The fraction of sp³-hybridized carbons (Fsp3) is 0.182. The summed E-state index contributed by atoms with van der Waals surface area (Å²) in [6.07, 6.45) is 1.70. The van der Waals surface area contributed by atoms with Crippen molar-refractivity contribution >= 4 is 39.8 Å². The van der Waals surface area contributed by atoms with Crippen LogP contribution in [0.3, 0.4) is 0 Å². The third kappa shape index (κ3) is 4.52. The molecule has 0 aliphatic heterocycles. The number of aryl methyl sites for hydroxylation is 2. The standard InChI is InChI=1S/C22H20FN5OS2/c1-14-8-9-19(15(2)10-14)27-13-24-26-22(27)31-12-17-11-30-21(25-17)28(16(3)29)20-7-5-4-6-18(20)23/h4-11,13H,12H2,1-3H3. The highest BCUT2D eigenvalue weighted by Gasteiger charge is 2.21. The van der Waals surface area contributed by atoms with E-state index in [2.05, 4.69) is 47.2 Å². The van der Waals surface area contributed by atoms with Crippen molar-refractivity contribution in [2.45, 2.75) is 31.7 Å². The smallest absolute Gasteiger partial charge is 0.230 e. The number of hydrogen-bond acceptors (Lipinski definition) is 6. The number of benzene rings is 2. The molecule has 9 heteroatoms. The third-order valence-corrected chi connectivity index (χ3v) is 6.47. The van der Waals surface area contributed by atoms with Gasteiger partial charge in [-0.3, -0.25) is 14.3 Å². The molecule has 0 radical (unpaired) electrons. The summed E-state index contributed by atoms with van der Waals surface area (Å²) in [6, 6.07) is 12.4. The number of carbonyl (C=O) groups is 1. The second kappa shape index (κ2) is 8.99. The Morgan fingerprint density at radius 1 is 1.23 bits per heavy atom. The second-order valence-corrected chi connectivity index (χ2v) is 8.77. The van der Waals surface area contributed by atoms with Gasteiger partial charge in [0.25, 0.3) is 0 Å². The van der Waals surface area contributed by atoms with Crippen LogP contribution in [0.1, 0.15) is 23.7 Å². The van der Waals surface area contributed by atoms with E-state index >= 15 is 0 Å². The fourth-order valence-corrected chi connectivity index (χ4v) is 5.01. The molecule has 0 aliphatic rings. The number of hydrogen-bond donors (Lipinski definition) is 0. The molecule has 158 valence electrons. The van der Waals surface area contributed by atoms with Crippen molar-refractivity contribution in [2.24, 2.45) is 0 Å². The first-order valence-corrected chi connectivity index (χ1v) is 11.4. The van der Waals surface area contributed by atoms with Crippen LogP contribution < -0.4 is 4.90 Å². The number of anilines is 2. The van der Waals surface area contributed by atoms with Crippen molar-refractivity contribution in [2.75, 3.05) is 4.90 Å². The van der Waals surface area contributed by atoms with Crippen LogP contribution in [0.2, 0.25) is 0 Å². The van der Waals surface area contributed by atoms with Gasteiger partial charge in [0.1, 0.15) is 12.1 Å². The maximum Gasteiger partial charge on any atom is 0.230 e. The van der Waals surface area contributed by atoms with Crippen LogP contribution in [0.4, 0.5) is 15.2 Å². The van der Waals surface area contributed by atoms with E-state index in [0.717, 1.165) is 22.1 Å². The van der Waals surface area contributed by atoms with Gasteiger partial charge in [-0.05, 0) is 37.6 Å². The predicted octanol–water partition coefficient (Wildman–Crippen LogP) is 5.46. The summed E-state index contributed by atoms with van der Waals surface area (Å²) in [5.74, 6) is -0.220. The maximum atomic E-state index is 14.3. The molecule has 0 N–H and O–H groups in total. The number of para-hydroxylation sites is 1. The minimum absolute atomic E-state index is 0.193. The molecule has 1 amide bonds. The van der Waals surface area contributed by atoms with Crippen molar-refractivity contribution in [3.63, 3.8) is 0 Å². The Morgan fingerprint density at radius 2 is 2.03 bits per heavy atom. The van der Waals surface area contributed by atoms with E-state index in [9.17, 15) is 9.18 Å². The summed E-state index contributed by atoms with van der Waals surface area (Å²) in [4.78, 5) is 18.1. The molecule has 0 fully saturated rings. The summed E-state index contributed by atoms with van der Waals surface area (Å²) in [7, 11) is 0. The van der Waals surface area contributed by atoms with E-state index in [0.29, 0.717) is 10.9 Å². The third-order valence-electron chi connectivity index (χ3n) is 4.62. The number of amides is 1. The molecule has 31 heavy (non-hydrogen) atoms. The Labute approximate surface area is 187 Å². The molecule has 2 aromatic carbocycles. The molecule has 0 spiro atoms. The summed E-state index contributed by atoms with van der Waals surface area (Å²) < 4.78 is 16.2. The van der Waals surface area contributed by atoms with Gasteiger partial charge in [-0.1, -0.05) is 41.6 Å². The zero-order valence-corrected chi connectivity index (χ0v) is 18.9. The summed E-state index contributed by atoms with van der Waals surface area (Å²) in [5, 5.41) is 11.4. The number of thiazole rings is 1. The average Bonchev–Trinajstić information content (AvgIpc) is 3.37. The van der Waals surface area contributed by atoms with E-state index in [1.807, 2.05) is 9.95 Å². The van der Waals surface area contributed by atoms with Crippen LogP contribution in [-0.4, -0.2) is 25.7 Å². The van der Waals surface area contributed by atoms with Gasteiger partial charge in [0.05, 0.1) is 17.1 Å². The van der Waals surface area contributed by atoms with Gasteiger partial charge in [0.15, 0.2) is 10.3 Å². The molecular formula is C22H20FN5OS2. The molecule has 0 unspecified atom stereocenters. The number of rotatable bonds is 6. The van der Waals surface area contributed by atoms with Gasteiger partial charge < -0.3 is 0 Å². The molecule has 0 aliphatic carbocycles. The quantitative estimate of drug-likeness (QED) is 0.363. The van der Waals surface area contributed by atoms with Crippen molar-refractivity contribution in [3.05, 3.63) is 76.8 Å². The van der Waals surface area contributed by atoms with Crippen molar-refractivity contribution in [3.8, 4) is 5.69 Å². The summed E-state index contributed by atoms with van der Waals surface area (Å²) in [6.45, 7) is 5.52. The first-order chi connectivity index (χ1) is 14.9. The normalized spacial score (nSPS) is 11.0. The van der Waals surface area contributed by atoms with Crippen molar-refractivity contribution in [1.82, 2.24) is 19.7 Å². The first-order valence-electron chi connectivity index (χ1n) is 9.54. The number of nitrogens with zero attached hydrogens (tertiary/aromatic N) is 5. The molecule has 2 heterocycles. The molecule has 6 nitrogen and oxygen atoms in total. The monoisotopic (exact) mass is 453 g/mol. The molecule has 0 saturated carbocycles. The van der Waals surface area contributed by atoms with E-state index in [4.69, 9.17) is 0 Å². The molecule has 0 bridgehead atoms. The lowest BCUT2D eigenvalue weighted by Crippen LogP contribution is -2.23. The molecule has 4 aromatic rings. The minimum atomic E-state index is -0.467. The van der Waals surface area contributed by atoms with E-state index in [-0.39, 0.29) is 11.6 Å². The van der Waals surface area contributed by atoms with Gasteiger partial charge in [-0.25, -0.2) is 9.37 Å². The zero-order valence-electron chi connectivity index (χ0n) is 17.2. The SMILES string of the molecule is CC(=O)N(c1nc(CSc2nncn2-c2ccc(C)cc2C)cs1)c1ccccc1F. The van der Waals surface area contributed by atoms with Crippen LogP contribution in [0, 0.1) is 19.7 Å². The lowest BCUT2D eigenvalue weighted by Gasteiger charge is -2.18. The highest BCUT2D eigenvalue weighted by Crippen LogP contribution is 2.32. The summed E-state index contributed by atoms with van der Waals surface area (Å²) in [5.41, 5.74) is 4.34. The van der Waals surface area contributed by atoms with Gasteiger partial charge in [0, 0.05) is 18.1 Å². The molecule has 2 aromatic heterocycles. The Kier molecular flexibility index (Phi) is 6.15. The molecule has 0 saturated heterocycles. The number of carbonyl (C=O) groups excluding carboxylic acids is 1. The average molecular weight is 454 g/mol. The molecular weight excluding hydrogens is 433 g/mol. The van der Waals surface area contributed by atoms with Gasteiger partial charge in [0.2, 0.25) is 5.91 Å². The number of aromatic nitrogens is 4. The van der Waals surface area contributed by atoms with Crippen LogP contribution in [-0.2, 0) is 10.5 Å². The Morgan fingerprint density at radius 3 is 2.77 bits per heavy atom. The Hall–Kier alpha value is -3.04. The largest absolute Gasteiger partial charge is 0.276 e. The lowest BCUT2D eigenvalue weighted by atomic mass is 10.1. The maximum absolute atomic E-state index is 14.3. The van der Waals surface area contributed by atoms with Crippen molar-refractivity contribution < 1.29 is 9.18 Å². The van der Waals surface area contributed by atoms with Crippen molar-refractivity contribution in [1.29, 1.82) is 0 Å². The van der Waals surface area contributed by atoms with E-state index in [1.54, 1.807) is 24.5 Å². The van der Waals surface area contributed by atoms with E-state index < -0.39 is 5.82 Å². The van der Waals surface area contributed by atoms with Gasteiger partial charge >= 0.3 is 0 Å². The lowest BCUT2D eigenvalue weighted by molar-refractivity contribution is -0.115. The van der Waals surface area contributed by atoms with Crippen LogP contribution in [0.5, 0.6) is 0 Å². The van der Waals surface area contributed by atoms with Crippen LogP contribution >= 0.6 is 23.1 Å². The first kappa shape index (κ1) is 21.2. The molecule has 4 rings (SSSR count). The highest BCUT2D eigenvalue weighted by molar-refractivity contribution is 7.98. The minimum Gasteiger partial charge on any atom is -0.276 e. The molecule has 0 atom stereocenters. The zero-order chi connectivity index (χ0) is 22.0. The Bertz CT molecular complexity index is 1240.